The third-order valence-corrected chi connectivity index (χ3v) is 5.33. The van der Waals surface area contributed by atoms with Crippen LogP contribution in [0.1, 0.15) is 12.2 Å². The number of aliphatic hydroxyl groups is 1. The van der Waals surface area contributed by atoms with Crippen molar-refractivity contribution in [1.82, 2.24) is 9.55 Å². The normalized spacial score (nSPS) is 15.0. The first-order valence-electron chi connectivity index (χ1n) is 7.53. The Morgan fingerprint density at radius 3 is 2.41 bits per heavy atom. The summed E-state index contributed by atoms with van der Waals surface area (Å²) in [5, 5.41) is 12.6. The van der Waals surface area contributed by atoms with E-state index in [0.29, 0.717) is 0 Å². The van der Waals surface area contributed by atoms with Crippen molar-refractivity contribution in [1.29, 1.82) is 0 Å². The molecular weight excluding hydrogens is 397 g/mol. The van der Waals surface area contributed by atoms with Gasteiger partial charge >= 0.3 is 11.9 Å². The van der Waals surface area contributed by atoms with Gasteiger partial charge in [-0.25, -0.2) is 13.4 Å². The van der Waals surface area contributed by atoms with E-state index in [0.717, 1.165) is 22.9 Å². The predicted molar refractivity (Wildman–Crippen MR) is 85.9 cm³/mol. The van der Waals surface area contributed by atoms with Gasteiger partial charge < -0.3 is 15.0 Å². The lowest BCUT2D eigenvalue weighted by atomic mass is 9.97. The predicted octanol–water partition coefficient (Wildman–Crippen LogP) is 2.67. The van der Waals surface area contributed by atoms with Crippen LogP contribution in [-0.4, -0.2) is 41.6 Å². The van der Waals surface area contributed by atoms with Crippen molar-refractivity contribution in [3.05, 3.63) is 42.5 Å². The fourth-order valence-corrected chi connectivity index (χ4v) is 3.39. The van der Waals surface area contributed by atoms with Gasteiger partial charge in [-0.05, 0) is 12.1 Å². The molecule has 0 aliphatic heterocycles. The number of hydrogen-bond donors (Lipinski definition) is 2. The molecule has 2 aromatic rings. The van der Waals surface area contributed by atoms with Crippen LogP contribution in [0.2, 0.25) is 0 Å². The molecule has 150 valence electrons. The molecule has 2 N–H and O–H groups in total. The minimum Gasteiger partial charge on any atom is -0.384 e. The summed E-state index contributed by atoms with van der Waals surface area (Å²) < 4.78 is 90.1. The molecule has 0 amide bonds. The summed E-state index contributed by atoms with van der Waals surface area (Å²) in [6, 6.07) is 4.60. The van der Waals surface area contributed by atoms with Gasteiger partial charge in [-0.1, -0.05) is 12.1 Å². The quantitative estimate of drug-likeness (QED) is 0.682. The van der Waals surface area contributed by atoms with E-state index in [9.17, 15) is 35.5 Å². The topological polar surface area (TPSA) is 84.2 Å². The standard InChI is InChI=1S/C15H16F5N3O3S/c1-23-9-8-22-12(23)14(24,15(18,19)20)6-7-21-10-4-2-3-5-11(10)27(25,26)13(16)17/h2-5,8-9,13,21,24H,6-7H2,1H3. The zero-order chi connectivity index (χ0) is 20.5. The first kappa shape index (κ1) is 21.1. The van der Waals surface area contributed by atoms with E-state index < -0.39 is 51.1 Å². The molecule has 0 aliphatic rings. The second kappa shape index (κ2) is 7.43. The van der Waals surface area contributed by atoms with Crippen molar-refractivity contribution in [2.45, 2.75) is 28.9 Å². The van der Waals surface area contributed by atoms with Crippen molar-refractivity contribution in [2.24, 2.45) is 7.05 Å². The molecule has 0 radical (unpaired) electrons. The third-order valence-electron chi connectivity index (χ3n) is 3.89. The Bertz CT molecular complexity index is 898. The molecule has 6 nitrogen and oxygen atoms in total. The lowest BCUT2D eigenvalue weighted by molar-refractivity contribution is -0.271. The van der Waals surface area contributed by atoms with Crippen LogP contribution in [0, 0.1) is 0 Å². The maximum Gasteiger partial charge on any atom is 0.424 e. The lowest BCUT2D eigenvalue weighted by Crippen LogP contribution is -2.45. The lowest BCUT2D eigenvalue weighted by Gasteiger charge is -2.30. The third kappa shape index (κ3) is 4.05. The molecule has 0 saturated heterocycles. The average Bonchev–Trinajstić information content (AvgIpc) is 3.00. The molecule has 2 rings (SSSR count). The van der Waals surface area contributed by atoms with Gasteiger partial charge in [-0.2, -0.15) is 22.0 Å². The minimum atomic E-state index is -5.07. The van der Waals surface area contributed by atoms with Gasteiger partial charge in [0.05, 0.1) is 10.6 Å². The monoisotopic (exact) mass is 413 g/mol. The maximum absolute atomic E-state index is 13.4. The number of alkyl halides is 5. The molecule has 1 aromatic heterocycles. The molecule has 1 unspecified atom stereocenters. The Morgan fingerprint density at radius 2 is 1.89 bits per heavy atom. The Balaban J connectivity index is 2.26. The van der Waals surface area contributed by atoms with E-state index >= 15 is 0 Å². The number of hydrogen-bond acceptors (Lipinski definition) is 5. The number of anilines is 1. The summed E-state index contributed by atoms with van der Waals surface area (Å²) in [5.74, 6) is -4.33. The maximum atomic E-state index is 13.4. The number of rotatable bonds is 7. The Morgan fingerprint density at radius 1 is 1.26 bits per heavy atom. The molecule has 0 saturated carbocycles. The fraction of sp³-hybridized carbons (Fsp3) is 0.400. The Labute approximate surface area is 151 Å². The van der Waals surface area contributed by atoms with Crippen molar-refractivity contribution >= 4 is 15.5 Å². The summed E-state index contributed by atoms with van der Waals surface area (Å²) in [7, 11) is -3.67. The van der Waals surface area contributed by atoms with E-state index in [-0.39, 0.29) is 5.69 Å². The van der Waals surface area contributed by atoms with Crippen LogP contribution in [0.5, 0.6) is 0 Å². The van der Waals surface area contributed by atoms with Gasteiger partial charge in [0.25, 0.3) is 0 Å². The van der Waals surface area contributed by atoms with Gasteiger partial charge in [0.2, 0.25) is 15.4 Å². The molecular formula is C15H16F5N3O3S. The van der Waals surface area contributed by atoms with Crippen molar-refractivity contribution in [3.63, 3.8) is 0 Å². The number of para-hydroxylation sites is 1. The molecule has 0 fully saturated rings. The average molecular weight is 413 g/mol. The number of aromatic nitrogens is 2. The van der Waals surface area contributed by atoms with Crippen LogP contribution < -0.4 is 5.32 Å². The van der Waals surface area contributed by atoms with E-state index in [1.165, 1.54) is 25.4 Å². The molecule has 1 atom stereocenters. The first-order chi connectivity index (χ1) is 12.4. The summed E-state index contributed by atoms with van der Waals surface area (Å²) in [4.78, 5) is 2.79. The number of nitrogens with zero attached hydrogens (tertiary/aromatic N) is 2. The van der Waals surface area contributed by atoms with Gasteiger partial charge in [0.15, 0.2) is 0 Å². The summed E-state index contributed by atoms with van der Waals surface area (Å²) in [6.07, 6.45) is -3.68. The molecule has 0 spiro atoms. The number of sulfone groups is 1. The van der Waals surface area contributed by atoms with E-state index in [1.807, 2.05) is 0 Å². The highest BCUT2D eigenvalue weighted by Crippen LogP contribution is 2.40. The van der Waals surface area contributed by atoms with Crippen molar-refractivity contribution < 1.29 is 35.5 Å². The molecule has 1 aromatic carbocycles. The summed E-state index contributed by atoms with van der Waals surface area (Å²) >= 11 is 0. The van der Waals surface area contributed by atoms with Crippen LogP contribution >= 0.6 is 0 Å². The zero-order valence-corrected chi connectivity index (χ0v) is 14.7. The SMILES string of the molecule is Cn1ccnc1C(O)(CCNc1ccccc1S(=O)(=O)C(F)F)C(F)(F)F. The van der Waals surface area contributed by atoms with Crippen molar-refractivity contribution in [3.8, 4) is 0 Å². The van der Waals surface area contributed by atoms with Crippen LogP contribution in [0.25, 0.3) is 0 Å². The second-order valence-electron chi connectivity index (χ2n) is 5.70. The highest BCUT2D eigenvalue weighted by atomic mass is 32.2. The van der Waals surface area contributed by atoms with Gasteiger partial charge in [-0.15, -0.1) is 0 Å². The highest BCUT2D eigenvalue weighted by Gasteiger charge is 2.57. The van der Waals surface area contributed by atoms with Crippen molar-refractivity contribution in [2.75, 3.05) is 11.9 Å². The largest absolute Gasteiger partial charge is 0.424 e. The Hall–Kier alpha value is -2.21. The number of nitrogens with one attached hydrogen (secondary N) is 1. The Kier molecular flexibility index (Phi) is 5.80. The van der Waals surface area contributed by atoms with Crippen LogP contribution in [-0.2, 0) is 22.5 Å². The smallest absolute Gasteiger partial charge is 0.384 e. The van der Waals surface area contributed by atoms with Gasteiger partial charge in [-0.3, -0.25) is 0 Å². The molecule has 12 heteroatoms. The van der Waals surface area contributed by atoms with Crippen LogP contribution in [0.15, 0.2) is 41.6 Å². The molecule has 0 bridgehead atoms. The first-order valence-corrected chi connectivity index (χ1v) is 9.08. The van der Waals surface area contributed by atoms with E-state index in [1.54, 1.807) is 0 Å². The molecule has 1 heterocycles. The molecule has 27 heavy (non-hydrogen) atoms. The molecule has 0 aliphatic carbocycles. The summed E-state index contributed by atoms with van der Waals surface area (Å²) in [6.45, 7) is -0.557. The van der Waals surface area contributed by atoms with Gasteiger partial charge in [0.1, 0.15) is 5.82 Å². The number of benzene rings is 1. The van der Waals surface area contributed by atoms with Gasteiger partial charge in [0, 0.05) is 32.4 Å². The number of aryl methyl sites for hydroxylation is 1. The second-order valence-corrected chi connectivity index (χ2v) is 7.58. The fourth-order valence-electron chi connectivity index (χ4n) is 2.48. The van der Waals surface area contributed by atoms with E-state index in [4.69, 9.17) is 0 Å². The number of halogens is 5. The van der Waals surface area contributed by atoms with Crippen LogP contribution in [0.3, 0.4) is 0 Å². The zero-order valence-electron chi connectivity index (χ0n) is 13.9. The van der Waals surface area contributed by atoms with E-state index in [2.05, 4.69) is 10.3 Å². The minimum absolute atomic E-state index is 0.290. The summed E-state index contributed by atoms with van der Waals surface area (Å²) in [5.41, 5.74) is -3.60. The highest BCUT2D eigenvalue weighted by molar-refractivity contribution is 7.91. The number of imidazole rings is 1. The van der Waals surface area contributed by atoms with Crippen LogP contribution in [0.4, 0.5) is 27.6 Å².